The molecule has 2 N–H and O–H groups in total. The van der Waals surface area contributed by atoms with Gasteiger partial charge in [0.05, 0.1) is 32.0 Å². The summed E-state index contributed by atoms with van der Waals surface area (Å²) in [4.78, 5) is 53.3. The Morgan fingerprint density at radius 1 is 0.941 bits per heavy atom. The highest BCUT2D eigenvalue weighted by atomic mass is 16.5. The predicted molar refractivity (Wildman–Crippen MR) is 121 cm³/mol. The predicted octanol–water partition coefficient (Wildman–Crippen LogP) is 0.954. The molecule has 2 aliphatic rings. The van der Waals surface area contributed by atoms with Crippen molar-refractivity contribution < 1.29 is 33.4 Å². The van der Waals surface area contributed by atoms with Gasteiger partial charge < -0.3 is 19.9 Å². The van der Waals surface area contributed by atoms with Gasteiger partial charge in [-0.15, -0.1) is 0 Å². The number of imide groups is 2. The highest BCUT2D eigenvalue weighted by molar-refractivity contribution is 6.27. The largest absolute Gasteiger partial charge is 0.491 e. The molecule has 2 aromatic carbocycles. The Hall–Kier alpha value is -3.34. The number of amides is 4. The highest BCUT2D eigenvalue weighted by Crippen LogP contribution is 2.35. The van der Waals surface area contributed by atoms with Gasteiger partial charge in [0.25, 0.3) is 17.7 Å². The lowest BCUT2D eigenvalue weighted by atomic mass is 9.91. The first kappa shape index (κ1) is 23.8. The van der Waals surface area contributed by atoms with E-state index >= 15 is 0 Å². The van der Waals surface area contributed by atoms with Crippen LogP contribution in [0.4, 0.5) is 0 Å². The average molecular weight is 469 g/mol. The molecule has 1 saturated heterocycles. The van der Waals surface area contributed by atoms with Gasteiger partial charge in [0.2, 0.25) is 5.91 Å². The number of nitrogens with two attached hydrogens (primary N) is 1. The van der Waals surface area contributed by atoms with Crippen molar-refractivity contribution in [3.63, 3.8) is 0 Å². The summed E-state index contributed by atoms with van der Waals surface area (Å²) in [7, 11) is 1.36. The number of ether oxygens (including phenoxy) is 3. The van der Waals surface area contributed by atoms with E-state index in [0.29, 0.717) is 55.1 Å². The third kappa shape index (κ3) is 4.52. The maximum absolute atomic E-state index is 13.4. The minimum absolute atomic E-state index is 0.0848. The molecule has 0 radical (unpaired) electrons. The molecule has 1 fully saturated rings. The second-order valence-electron chi connectivity index (χ2n) is 8.06. The van der Waals surface area contributed by atoms with Gasteiger partial charge in [0.1, 0.15) is 18.4 Å². The lowest BCUT2D eigenvalue weighted by Gasteiger charge is -2.37. The van der Waals surface area contributed by atoms with Crippen LogP contribution in [0.25, 0.3) is 10.8 Å². The topological polar surface area (TPSA) is 128 Å². The molecule has 10 nitrogen and oxygen atoms in total. The van der Waals surface area contributed by atoms with Gasteiger partial charge in [-0.05, 0) is 30.0 Å². The molecule has 10 heteroatoms. The zero-order valence-corrected chi connectivity index (χ0v) is 19.0. The van der Waals surface area contributed by atoms with Crippen LogP contribution in [0, 0.1) is 0 Å². The van der Waals surface area contributed by atoms with Gasteiger partial charge in [-0.1, -0.05) is 12.1 Å². The summed E-state index contributed by atoms with van der Waals surface area (Å²) >= 11 is 0. The third-order valence-corrected chi connectivity index (χ3v) is 5.91. The van der Waals surface area contributed by atoms with Crippen molar-refractivity contribution in [2.75, 3.05) is 46.6 Å². The molecule has 0 saturated carbocycles. The van der Waals surface area contributed by atoms with E-state index < -0.39 is 23.8 Å². The summed E-state index contributed by atoms with van der Waals surface area (Å²) in [6, 6.07) is 7.48. The molecule has 2 aliphatic heterocycles. The van der Waals surface area contributed by atoms with Crippen LogP contribution >= 0.6 is 0 Å². The van der Waals surface area contributed by atoms with Crippen molar-refractivity contribution in [3.8, 4) is 5.75 Å². The van der Waals surface area contributed by atoms with E-state index in [1.54, 1.807) is 30.3 Å². The molecule has 4 amide bonds. The SMILES string of the molecule is CN1C(=O)CCC(N2C(=O)c3cccc4cc(OCCOCCOCCN)cc(c34)C2=O)C1=O. The van der Waals surface area contributed by atoms with Crippen LogP contribution in [0.2, 0.25) is 0 Å². The zero-order chi connectivity index (χ0) is 24.2. The van der Waals surface area contributed by atoms with Gasteiger partial charge in [-0.25, -0.2) is 0 Å². The standard InChI is InChI=1S/C24H27N3O7/c1-26-20(28)6-5-19(24(26)31)27-22(29)17-4-2-3-15-13-16(14-18(21(15)17)23(27)30)34-12-11-33-10-9-32-8-7-25/h2-4,13-14,19H,5-12,25H2,1H3. The van der Waals surface area contributed by atoms with Crippen molar-refractivity contribution in [1.82, 2.24) is 9.80 Å². The second kappa shape index (κ2) is 10.3. The average Bonchev–Trinajstić information content (AvgIpc) is 2.83. The Kier molecular flexibility index (Phi) is 7.20. The summed E-state index contributed by atoms with van der Waals surface area (Å²) < 4.78 is 16.5. The number of piperidine rings is 1. The summed E-state index contributed by atoms with van der Waals surface area (Å²) in [5.74, 6) is -1.55. The maximum Gasteiger partial charge on any atom is 0.262 e. The molecular weight excluding hydrogens is 442 g/mol. The summed E-state index contributed by atoms with van der Waals surface area (Å²) in [5, 5.41) is 1.21. The fourth-order valence-corrected chi connectivity index (χ4v) is 4.23. The van der Waals surface area contributed by atoms with E-state index in [1.807, 2.05) is 0 Å². The van der Waals surface area contributed by atoms with Crippen LogP contribution in [-0.2, 0) is 19.1 Å². The molecule has 0 bridgehead atoms. The number of nitrogens with zero attached hydrogens (tertiary/aromatic N) is 2. The van der Waals surface area contributed by atoms with E-state index in [4.69, 9.17) is 19.9 Å². The molecule has 2 aromatic rings. The molecule has 2 heterocycles. The Balaban J connectivity index is 1.53. The number of likely N-dealkylation sites (N-methyl/N-ethyl adjacent to an activating group) is 1. The second-order valence-corrected chi connectivity index (χ2v) is 8.06. The Bertz CT molecular complexity index is 1130. The van der Waals surface area contributed by atoms with Crippen LogP contribution < -0.4 is 10.5 Å². The molecule has 1 atom stereocenters. The third-order valence-electron chi connectivity index (χ3n) is 5.91. The van der Waals surface area contributed by atoms with E-state index in [-0.39, 0.29) is 30.9 Å². The summed E-state index contributed by atoms with van der Waals surface area (Å²) in [5.41, 5.74) is 5.98. The van der Waals surface area contributed by atoms with Crippen molar-refractivity contribution >= 4 is 34.4 Å². The number of carbonyl (C=O) groups excluding carboxylic acids is 4. The first-order valence-corrected chi connectivity index (χ1v) is 11.2. The Morgan fingerprint density at radius 2 is 1.65 bits per heavy atom. The number of benzene rings is 2. The Morgan fingerprint density at radius 3 is 2.41 bits per heavy atom. The number of rotatable bonds is 10. The van der Waals surface area contributed by atoms with Gasteiger partial charge in [0, 0.05) is 31.0 Å². The lowest BCUT2D eigenvalue weighted by Crippen LogP contribution is -2.57. The van der Waals surface area contributed by atoms with Crippen LogP contribution in [0.3, 0.4) is 0 Å². The van der Waals surface area contributed by atoms with Crippen LogP contribution in [0.5, 0.6) is 5.75 Å². The molecule has 0 spiro atoms. The van der Waals surface area contributed by atoms with Crippen LogP contribution in [-0.4, -0.2) is 86.1 Å². The van der Waals surface area contributed by atoms with E-state index in [0.717, 1.165) is 9.80 Å². The quantitative estimate of drug-likeness (QED) is 0.402. The van der Waals surface area contributed by atoms with Crippen molar-refractivity contribution in [3.05, 3.63) is 41.5 Å². The first-order chi connectivity index (χ1) is 16.4. The zero-order valence-electron chi connectivity index (χ0n) is 19.0. The minimum atomic E-state index is -1.02. The van der Waals surface area contributed by atoms with Gasteiger partial charge in [0.15, 0.2) is 0 Å². The minimum Gasteiger partial charge on any atom is -0.491 e. The lowest BCUT2D eigenvalue weighted by molar-refractivity contribution is -0.149. The normalized spacial score (nSPS) is 18.2. The van der Waals surface area contributed by atoms with Crippen molar-refractivity contribution in [2.24, 2.45) is 5.73 Å². The van der Waals surface area contributed by atoms with E-state index in [9.17, 15) is 19.2 Å². The number of hydrogen-bond donors (Lipinski definition) is 1. The molecule has 0 aliphatic carbocycles. The number of hydrogen-bond acceptors (Lipinski definition) is 8. The fraction of sp³-hybridized carbons (Fsp3) is 0.417. The smallest absolute Gasteiger partial charge is 0.262 e. The maximum atomic E-state index is 13.4. The van der Waals surface area contributed by atoms with Gasteiger partial charge in [-0.2, -0.15) is 0 Å². The molecular formula is C24H27N3O7. The van der Waals surface area contributed by atoms with Gasteiger partial charge in [-0.3, -0.25) is 29.0 Å². The molecule has 34 heavy (non-hydrogen) atoms. The summed E-state index contributed by atoms with van der Waals surface area (Å²) in [6.45, 7) is 2.38. The molecule has 4 rings (SSSR count). The monoisotopic (exact) mass is 469 g/mol. The van der Waals surface area contributed by atoms with E-state index in [2.05, 4.69) is 0 Å². The van der Waals surface area contributed by atoms with Gasteiger partial charge >= 0.3 is 0 Å². The van der Waals surface area contributed by atoms with Crippen molar-refractivity contribution in [1.29, 1.82) is 0 Å². The Labute approximate surface area is 196 Å². The van der Waals surface area contributed by atoms with Crippen LogP contribution in [0.15, 0.2) is 30.3 Å². The highest BCUT2D eigenvalue weighted by Gasteiger charge is 2.44. The molecule has 180 valence electrons. The fourth-order valence-electron chi connectivity index (χ4n) is 4.23. The van der Waals surface area contributed by atoms with Crippen LogP contribution in [0.1, 0.15) is 33.6 Å². The number of likely N-dealkylation sites (tertiary alicyclic amines) is 1. The molecule has 1 unspecified atom stereocenters. The van der Waals surface area contributed by atoms with E-state index in [1.165, 1.54) is 7.05 Å². The summed E-state index contributed by atoms with van der Waals surface area (Å²) in [6.07, 6.45) is 0.189. The van der Waals surface area contributed by atoms with Crippen molar-refractivity contribution in [2.45, 2.75) is 18.9 Å². The molecule has 0 aromatic heterocycles. The number of carbonyl (C=O) groups is 4. The first-order valence-electron chi connectivity index (χ1n) is 11.2.